The molecule has 0 saturated heterocycles. The third-order valence-corrected chi connectivity index (χ3v) is 3.96. The number of fused-ring (bicyclic) bond motifs is 1. The maximum atomic E-state index is 13.5. The number of nitrogens with one attached hydrogen (secondary N) is 1. The van der Waals surface area contributed by atoms with Crippen LogP contribution < -0.4 is 16.8 Å². The summed E-state index contributed by atoms with van der Waals surface area (Å²) in [4.78, 5) is 12.1. The molecule has 11 heteroatoms. The van der Waals surface area contributed by atoms with Gasteiger partial charge in [-0.05, 0) is 40.0 Å². The summed E-state index contributed by atoms with van der Waals surface area (Å²) in [5.41, 5.74) is 7.37. The fourth-order valence-electron chi connectivity index (χ4n) is 2.81. The van der Waals surface area contributed by atoms with Crippen molar-refractivity contribution in [3.05, 3.63) is 45.7 Å². The second-order valence-electron chi connectivity index (χ2n) is 5.38. The van der Waals surface area contributed by atoms with E-state index in [1.165, 1.54) is 16.7 Å². The molecule has 25 heavy (non-hydrogen) atoms. The van der Waals surface area contributed by atoms with Gasteiger partial charge in [0, 0.05) is 13.1 Å². The van der Waals surface area contributed by atoms with Gasteiger partial charge in [-0.3, -0.25) is 4.52 Å². The Labute approximate surface area is 146 Å². The summed E-state index contributed by atoms with van der Waals surface area (Å²) in [6.45, 7) is 0.827. The van der Waals surface area contributed by atoms with Gasteiger partial charge in [-0.1, -0.05) is 11.2 Å². The van der Waals surface area contributed by atoms with E-state index >= 15 is 0 Å². The summed E-state index contributed by atoms with van der Waals surface area (Å²) in [5, 5.41) is 14.2. The summed E-state index contributed by atoms with van der Waals surface area (Å²) in [5.74, 6) is -0.544. The minimum atomic E-state index is -0.655. The van der Waals surface area contributed by atoms with Crippen molar-refractivity contribution in [2.45, 2.75) is 12.5 Å². The largest absolute Gasteiger partial charge is 0.442 e. The van der Waals surface area contributed by atoms with Gasteiger partial charge in [-0.2, -0.15) is 0 Å². The predicted octanol–water partition coefficient (Wildman–Crippen LogP) is 0.963. The zero-order valence-corrected chi connectivity index (χ0v) is 13.6. The molecule has 0 saturated carbocycles. The van der Waals surface area contributed by atoms with Gasteiger partial charge < -0.3 is 11.1 Å². The number of halogens is 2. The third-order valence-electron chi connectivity index (χ3n) is 3.96. The number of aromatic nitrogens is 4. The molecule has 4 rings (SSSR count). The van der Waals surface area contributed by atoms with E-state index in [0.29, 0.717) is 25.3 Å². The number of benzene rings is 1. The molecule has 1 atom stereocenters. The summed E-state index contributed by atoms with van der Waals surface area (Å²) < 4.78 is 24.3. The van der Waals surface area contributed by atoms with Crippen molar-refractivity contribution in [1.82, 2.24) is 20.0 Å². The van der Waals surface area contributed by atoms with Crippen LogP contribution in [-0.2, 0) is 6.42 Å². The molecule has 1 aromatic carbocycles. The maximum Gasteiger partial charge on any atom is 0.442 e. The van der Waals surface area contributed by atoms with E-state index in [2.05, 4.69) is 20.8 Å². The fourth-order valence-corrected chi connectivity index (χ4v) is 2.81. The molecule has 132 valence electrons. The summed E-state index contributed by atoms with van der Waals surface area (Å²) >= 11 is 0. The van der Waals surface area contributed by atoms with Crippen molar-refractivity contribution < 1.29 is 13.5 Å². The Morgan fingerprint density at radius 3 is 3.00 bits per heavy atom. The van der Waals surface area contributed by atoms with Gasteiger partial charge in [-0.25, -0.2) is 18.4 Å². The molecule has 1 aliphatic rings. The van der Waals surface area contributed by atoms with E-state index in [-0.39, 0.29) is 35.8 Å². The Morgan fingerprint density at radius 1 is 1.36 bits per heavy atom. The van der Waals surface area contributed by atoms with Crippen LogP contribution in [0.1, 0.15) is 17.2 Å². The smallest absolute Gasteiger partial charge is 0.364 e. The van der Waals surface area contributed by atoms with Crippen molar-refractivity contribution in [2.75, 3.05) is 18.4 Å². The zero-order chi connectivity index (χ0) is 16.7. The number of anilines is 1. The average molecular weight is 369 g/mol. The fraction of sp³-hybridized carbons (Fsp3) is 0.286. The molecule has 3 aromatic rings. The van der Waals surface area contributed by atoms with Gasteiger partial charge in [0.15, 0.2) is 5.69 Å². The summed E-state index contributed by atoms with van der Waals surface area (Å²) in [6, 6.07) is 4.12. The highest BCUT2D eigenvalue weighted by Gasteiger charge is 2.34. The molecule has 9 nitrogen and oxygen atoms in total. The van der Waals surface area contributed by atoms with E-state index in [1.54, 1.807) is 6.07 Å². The van der Waals surface area contributed by atoms with Crippen molar-refractivity contribution in [1.29, 1.82) is 0 Å². The van der Waals surface area contributed by atoms with E-state index in [1.807, 2.05) is 0 Å². The van der Waals surface area contributed by atoms with Crippen LogP contribution in [0.3, 0.4) is 0 Å². The van der Waals surface area contributed by atoms with E-state index in [0.717, 1.165) is 11.1 Å². The van der Waals surface area contributed by atoms with Crippen LogP contribution in [0.4, 0.5) is 10.2 Å². The highest BCUT2D eigenvalue weighted by atomic mass is 35.5. The molecule has 0 unspecified atom stereocenters. The van der Waals surface area contributed by atoms with Crippen LogP contribution >= 0.6 is 12.4 Å². The lowest BCUT2D eigenvalue weighted by Gasteiger charge is -2.30. The van der Waals surface area contributed by atoms with Gasteiger partial charge in [0.1, 0.15) is 5.82 Å². The minimum Gasteiger partial charge on any atom is -0.364 e. The van der Waals surface area contributed by atoms with Crippen molar-refractivity contribution in [3.63, 3.8) is 0 Å². The van der Waals surface area contributed by atoms with Crippen molar-refractivity contribution in [3.8, 4) is 11.5 Å². The SMILES string of the molecule is Cl.NCCNc1nonc1-c1noc(=O)n1[C@H]1Cc2ccc(F)cc21. The summed E-state index contributed by atoms with van der Waals surface area (Å²) in [7, 11) is 0. The lowest BCUT2D eigenvalue weighted by molar-refractivity contribution is 0.309. The molecule has 2 aromatic heterocycles. The summed E-state index contributed by atoms with van der Waals surface area (Å²) in [6.07, 6.45) is 0.570. The first-order valence-corrected chi connectivity index (χ1v) is 7.32. The van der Waals surface area contributed by atoms with Crippen LogP contribution in [0.5, 0.6) is 0 Å². The number of rotatable bonds is 5. The third kappa shape index (κ3) is 2.79. The molecule has 3 N–H and O–H groups in total. The van der Waals surface area contributed by atoms with Crippen LogP contribution in [-0.4, -0.2) is 33.1 Å². The molecule has 0 fully saturated rings. The normalized spacial score (nSPS) is 15.2. The second-order valence-corrected chi connectivity index (χ2v) is 5.38. The van der Waals surface area contributed by atoms with E-state index in [4.69, 9.17) is 14.9 Å². The Bertz CT molecular complexity index is 952. The van der Waals surface area contributed by atoms with Crippen LogP contribution in [0.25, 0.3) is 11.5 Å². The molecule has 2 heterocycles. The predicted molar refractivity (Wildman–Crippen MR) is 87.1 cm³/mol. The highest BCUT2D eigenvalue weighted by Crippen LogP contribution is 2.38. The van der Waals surface area contributed by atoms with Gasteiger partial charge in [0.05, 0.1) is 6.04 Å². The number of hydrogen-bond acceptors (Lipinski definition) is 8. The molecule has 0 spiro atoms. The lowest BCUT2D eigenvalue weighted by Crippen LogP contribution is -2.31. The minimum absolute atomic E-state index is 0. The zero-order valence-electron chi connectivity index (χ0n) is 12.8. The molecule has 0 radical (unpaired) electrons. The van der Waals surface area contributed by atoms with Crippen LogP contribution in [0.15, 0.2) is 32.1 Å². The Hall–Kier alpha value is -2.72. The first-order chi connectivity index (χ1) is 11.7. The van der Waals surface area contributed by atoms with Crippen LogP contribution in [0, 0.1) is 5.82 Å². The van der Waals surface area contributed by atoms with Gasteiger partial charge in [0.2, 0.25) is 11.6 Å². The maximum absolute atomic E-state index is 13.5. The van der Waals surface area contributed by atoms with Gasteiger partial charge in [0.25, 0.3) is 0 Å². The second kappa shape index (κ2) is 6.65. The van der Waals surface area contributed by atoms with Gasteiger partial charge >= 0.3 is 5.76 Å². The first kappa shape index (κ1) is 17.1. The molecule has 0 bridgehead atoms. The standard InChI is InChI=1S/C14H13FN6O3.ClH/c15-8-2-1-7-5-10(9(7)6-8)21-13(20-23-14(21)22)11-12(17-4-3-16)19-24-18-11;/h1-2,6,10H,3-5,16H2,(H,17,19);1H/t10-;/m0./s1. The van der Waals surface area contributed by atoms with Crippen molar-refractivity contribution in [2.24, 2.45) is 5.73 Å². The van der Waals surface area contributed by atoms with E-state index < -0.39 is 5.76 Å². The molecule has 0 amide bonds. The Kier molecular flexibility index (Phi) is 4.55. The average Bonchev–Trinajstić information content (AvgIpc) is 3.16. The Morgan fingerprint density at radius 2 is 2.20 bits per heavy atom. The topological polar surface area (TPSA) is 125 Å². The highest BCUT2D eigenvalue weighted by molar-refractivity contribution is 5.85. The first-order valence-electron chi connectivity index (χ1n) is 7.32. The number of hydrogen-bond donors (Lipinski definition) is 2. The lowest BCUT2D eigenvalue weighted by atomic mass is 9.83. The van der Waals surface area contributed by atoms with Crippen LogP contribution in [0.2, 0.25) is 0 Å². The molecule has 1 aliphatic carbocycles. The molecular formula is C14H14ClFN6O3. The van der Waals surface area contributed by atoms with Gasteiger partial charge in [-0.15, -0.1) is 12.4 Å². The molecular weight excluding hydrogens is 355 g/mol. The quantitative estimate of drug-likeness (QED) is 0.682. The van der Waals surface area contributed by atoms with Crippen molar-refractivity contribution >= 4 is 18.2 Å². The Balaban J connectivity index is 0.00000182. The monoisotopic (exact) mass is 368 g/mol. The molecule has 0 aliphatic heterocycles. The number of nitrogens with two attached hydrogens (primary N) is 1. The van der Waals surface area contributed by atoms with E-state index in [9.17, 15) is 9.18 Å². The number of nitrogens with zero attached hydrogens (tertiary/aromatic N) is 4.